The fraction of sp³-hybridized carbons (Fsp3) is 0.526. The Morgan fingerprint density at radius 2 is 2.12 bits per heavy atom. The molecule has 1 unspecified atom stereocenters. The monoisotopic (exact) mass is 356 g/mol. The zero-order valence-electron chi connectivity index (χ0n) is 14.6. The van der Waals surface area contributed by atoms with Gasteiger partial charge in [-0.1, -0.05) is 6.92 Å². The number of thiophene rings is 1. The molecule has 132 valence electrons. The van der Waals surface area contributed by atoms with Crippen LogP contribution in [0, 0.1) is 5.92 Å². The molecule has 5 nitrogen and oxygen atoms in total. The maximum absolute atomic E-state index is 12.6. The summed E-state index contributed by atoms with van der Waals surface area (Å²) in [7, 11) is 0. The lowest BCUT2D eigenvalue weighted by Gasteiger charge is -2.32. The van der Waals surface area contributed by atoms with Gasteiger partial charge in [0.1, 0.15) is 5.82 Å². The van der Waals surface area contributed by atoms with Crippen molar-refractivity contribution in [1.29, 1.82) is 0 Å². The van der Waals surface area contributed by atoms with Crippen LogP contribution in [-0.4, -0.2) is 35.0 Å². The molecule has 0 aromatic carbocycles. The SMILES string of the molecule is CC1CCc2sc(C(=O)NC3CCN(c4cnccn4)CC3)cc2C1. The molecule has 6 heteroatoms. The van der Waals surface area contributed by atoms with E-state index in [1.165, 1.54) is 16.9 Å². The number of aryl methyl sites for hydroxylation is 1. The molecule has 4 rings (SSSR count). The minimum absolute atomic E-state index is 0.102. The lowest BCUT2D eigenvalue weighted by Crippen LogP contribution is -2.44. The number of carbonyl (C=O) groups is 1. The highest BCUT2D eigenvalue weighted by atomic mass is 32.1. The highest BCUT2D eigenvalue weighted by Gasteiger charge is 2.24. The van der Waals surface area contributed by atoms with Crippen LogP contribution in [-0.2, 0) is 12.8 Å². The molecule has 2 aromatic heterocycles. The van der Waals surface area contributed by atoms with Crippen LogP contribution in [0.1, 0.15) is 46.3 Å². The third-order valence-corrected chi connectivity index (χ3v) is 6.49. The normalized spacial score (nSPS) is 21.0. The van der Waals surface area contributed by atoms with Gasteiger partial charge < -0.3 is 10.2 Å². The van der Waals surface area contributed by atoms with Gasteiger partial charge in [-0.2, -0.15) is 0 Å². The molecular weight excluding hydrogens is 332 g/mol. The third-order valence-electron chi connectivity index (χ3n) is 5.26. The fourth-order valence-corrected chi connectivity index (χ4v) is 4.89. The predicted octanol–water partition coefficient (Wildman–Crippen LogP) is 3.06. The Morgan fingerprint density at radius 1 is 1.28 bits per heavy atom. The van der Waals surface area contributed by atoms with Crippen molar-refractivity contribution in [3.63, 3.8) is 0 Å². The molecule has 3 heterocycles. The lowest BCUT2D eigenvalue weighted by atomic mass is 9.90. The van der Waals surface area contributed by atoms with Crippen LogP contribution in [0.2, 0.25) is 0 Å². The van der Waals surface area contributed by atoms with E-state index in [1.54, 1.807) is 29.9 Å². The van der Waals surface area contributed by atoms with Gasteiger partial charge in [0, 0.05) is 36.4 Å². The molecule has 0 bridgehead atoms. The summed E-state index contributed by atoms with van der Waals surface area (Å²) in [6.07, 6.45) is 10.6. The minimum Gasteiger partial charge on any atom is -0.355 e. The molecule has 0 radical (unpaired) electrons. The zero-order valence-corrected chi connectivity index (χ0v) is 15.4. The molecule has 1 aliphatic carbocycles. The van der Waals surface area contributed by atoms with Gasteiger partial charge >= 0.3 is 0 Å². The van der Waals surface area contributed by atoms with Crippen molar-refractivity contribution in [1.82, 2.24) is 15.3 Å². The van der Waals surface area contributed by atoms with Crippen LogP contribution < -0.4 is 10.2 Å². The molecule has 25 heavy (non-hydrogen) atoms. The Kier molecular flexibility index (Phi) is 4.70. The summed E-state index contributed by atoms with van der Waals surface area (Å²) >= 11 is 1.69. The van der Waals surface area contributed by atoms with Crippen molar-refractivity contribution in [2.45, 2.75) is 45.1 Å². The summed E-state index contributed by atoms with van der Waals surface area (Å²) in [5.74, 6) is 1.76. The average molecular weight is 356 g/mol. The summed E-state index contributed by atoms with van der Waals surface area (Å²) < 4.78 is 0. The number of hydrogen-bond acceptors (Lipinski definition) is 5. The van der Waals surface area contributed by atoms with Gasteiger partial charge in [-0.05, 0) is 49.7 Å². The Labute approximate surface area is 152 Å². The molecule has 2 aliphatic rings. The first-order chi connectivity index (χ1) is 12.2. The number of rotatable bonds is 3. The van der Waals surface area contributed by atoms with Gasteiger partial charge in [-0.25, -0.2) is 4.98 Å². The third kappa shape index (κ3) is 3.68. The van der Waals surface area contributed by atoms with E-state index in [0.717, 1.165) is 55.4 Å². The number of nitrogens with zero attached hydrogens (tertiary/aromatic N) is 3. The second-order valence-electron chi connectivity index (χ2n) is 7.21. The van der Waals surface area contributed by atoms with Gasteiger partial charge in [0.05, 0.1) is 11.1 Å². The van der Waals surface area contributed by atoms with E-state index in [1.807, 2.05) is 0 Å². The Bertz CT molecular complexity index is 737. The van der Waals surface area contributed by atoms with E-state index in [4.69, 9.17) is 0 Å². The first-order valence-electron chi connectivity index (χ1n) is 9.12. The van der Waals surface area contributed by atoms with E-state index >= 15 is 0 Å². The number of anilines is 1. The van der Waals surface area contributed by atoms with Crippen molar-refractivity contribution in [2.24, 2.45) is 5.92 Å². The van der Waals surface area contributed by atoms with E-state index < -0.39 is 0 Å². The number of aromatic nitrogens is 2. The zero-order chi connectivity index (χ0) is 17.2. The van der Waals surface area contributed by atoms with Crippen molar-refractivity contribution in [3.05, 3.63) is 40.0 Å². The number of piperidine rings is 1. The summed E-state index contributed by atoms with van der Waals surface area (Å²) in [5.41, 5.74) is 1.39. The van der Waals surface area contributed by atoms with E-state index in [2.05, 4.69) is 33.2 Å². The molecule has 1 atom stereocenters. The van der Waals surface area contributed by atoms with E-state index in [-0.39, 0.29) is 11.9 Å². The van der Waals surface area contributed by atoms with Crippen LogP contribution >= 0.6 is 11.3 Å². The minimum atomic E-state index is 0.102. The first kappa shape index (κ1) is 16.5. The summed E-state index contributed by atoms with van der Waals surface area (Å²) in [5, 5.41) is 3.24. The van der Waals surface area contributed by atoms with Crippen molar-refractivity contribution < 1.29 is 4.79 Å². The van der Waals surface area contributed by atoms with Gasteiger partial charge in [-0.3, -0.25) is 9.78 Å². The Hall–Kier alpha value is -1.95. The molecular formula is C19H24N4OS. The number of carbonyl (C=O) groups excluding carboxylic acids is 1. The number of hydrogen-bond donors (Lipinski definition) is 1. The van der Waals surface area contributed by atoms with E-state index in [9.17, 15) is 4.79 Å². The van der Waals surface area contributed by atoms with Crippen LogP contribution in [0.15, 0.2) is 24.7 Å². The molecule has 0 saturated carbocycles. The standard InChI is InChI=1S/C19H24N4OS/c1-13-2-3-16-14(10-13)11-17(25-16)19(24)22-15-4-8-23(9-5-15)18-12-20-6-7-21-18/h6-7,11-13,15H,2-5,8-10H2,1H3,(H,22,24). The largest absolute Gasteiger partial charge is 0.355 e. The van der Waals surface area contributed by atoms with Crippen LogP contribution in [0.4, 0.5) is 5.82 Å². The van der Waals surface area contributed by atoms with Crippen molar-refractivity contribution in [2.75, 3.05) is 18.0 Å². The number of nitrogens with one attached hydrogen (secondary N) is 1. The smallest absolute Gasteiger partial charge is 0.261 e. The molecule has 1 saturated heterocycles. The van der Waals surface area contributed by atoms with Crippen molar-refractivity contribution in [3.8, 4) is 0 Å². The van der Waals surface area contributed by atoms with Gasteiger partial charge in [0.25, 0.3) is 5.91 Å². The molecule has 2 aromatic rings. The summed E-state index contributed by atoms with van der Waals surface area (Å²) in [6, 6.07) is 2.37. The van der Waals surface area contributed by atoms with Gasteiger partial charge in [0.2, 0.25) is 0 Å². The van der Waals surface area contributed by atoms with Crippen molar-refractivity contribution >= 4 is 23.1 Å². The molecule has 1 aliphatic heterocycles. The quantitative estimate of drug-likeness (QED) is 0.918. The van der Waals surface area contributed by atoms with Crippen LogP contribution in [0.25, 0.3) is 0 Å². The second kappa shape index (κ2) is 7.12. The van der Waals surface area contributed by atoms with E-state index in [0.29, 0.717) is 0 Å². The number of amides is 1. The van der Waals surface area contributed by atoms with Crippen LogP contribution in [0.3, 0.4) is 0 Å². The Balaban J connectivity index is 1.33. The maximum atomic E-state index is 12.6. The highest BCUT2D eigenvalue weighted by molar-refractivity contribution is 7.14. The van der Waals surface area contributed by atoms with Gasteiger partial charge in [0.15, 0.2) is 0 Å². The summed E-state index contributed by atoms with van der Waals surface area (Å²) in [4.78, 5) is 25.7. The second-order valence-corrected chi connectivity index (χ2v) is 8.34. The topological polar surface area (TPSA) is 58.1 Å². The maximum Gasteiger partial charge on any atom is 0.261 e. The molecule has 1 N–H and O–H groups in total. The summed E-state index contributed by atoms with van der Waals surface area (Å²) in [6.45, 7) is 4.11. The Morgan fingerprint density at radius 3 is 2.88 bits per heavy atom. The average Bonchev–Trinajstić information content (AvgIpc) is 3.06. The predicted molar refractivity (Wildman–Crippen MR) is 100 cm³/mol. The molecule has 1 amide bonds. The molecule has 0 spiro atoms. The molecule has 1 fully saturated rings. The fourth-order valence-electron chi connectivity index (χ4n) is 3.78. The number of fused-ring (bicyclic) bond motifs is 1. The van der Waals surface area contributed by atoms with Crippen LogP contribution in [0.5, 0.6) is 0 Å². The van der Waals surface area contributed by atoms with Gasteiger partial charge in [-0.15, -0.1) is 11.3 Å². The highest BCUT2D eigenvalue weighted by Crippen LogP contribution is 2.32. The lowest BCUT2D eigenvalue weighted by molar-refractivity contribution is 0.0935. The first-order valence-corrected chi connectivity index (χ1v) is 9.94.